The van der Waals surface area contributed by atoms with E-state index in [0.29, 0.717) is 0 Å². The van der Waals surface area contributed by atoms with Crippen LogP contribution in [0.5, 0.6) is 0 Å². The van der Waals surface area contributed by atoms with Gasteiger partial charge < -0.3 is 5.32 Å². The van der Waals surface area contributed by atoms with Crippen molar-refractivity contribution in [1.29, 1.82) is 0 Å². The number of fused-ring (bicyclic) bond motifs is 3. The van der Waals surface area contributed by atoms with Crippen molar-refractivity contribution in [3.8, 4) is 33.6 Å². The van der Waals surface area contributed by atoms with E-state index in [-0.39, 0.29) is 0 Å². The molecule has 0 atom stereocenters. The maximum Gasteiger partial charge on any atom is 0.131 e. The highest BCUT2D eigenvalue weighted by Gasteiger charge is 2.13. The van der Waals surface area contributed by atoms with Crippen LogP contribution in [-0.2, 0) is 0 Å². The summed E-state index contributed by atoms with van der Waals surface area (Å²) < 4.78 is 2.60. The quantitative estimate of drug-likeness (QED) is 0.253. The zero-order chi connectivity index (χ0) is 25.3. The minimum atomic E-state index is 0.801. The average Bonchev–Trinajstić information content (AvgIpc) is 3.37. The lowest BCUT2D eigenvalue weighted by Crippen LogP contribution is -1.96. The Morgan fingerprint density at radius 1 is 0.553 bits per heavy atom. The maximum atomic E-state index is 4.90. The minimum Gasteiger partial charge on any atom is -0.340 e. The highest BCUT2D eigenvalue weighted by atomic mass is 32.1. The Labute approximate surface area is 225 Å². The zero-order valence-electron chi connectivity index (χ0n) is 20.5. The summed E-state index contributed by atoms with van der Waals surface area (Å²) >= 11 is 1.85. The third kappa shape index (κ3) is 4.21. The number of anilines is 2. The SMILES string of the molecule is c1ccc(-c2cccc(Nc3cc(-c4ccccn4)cc(-c4cccc5c4sc4ccccc45)c3)n2)cc1. The van der Waals surface area contributed by atoms with Crippen LogP contribution < -0.4 is 5.32 Å². The molecule has 0 amide bonds. The van der Waals surface area contributed by atoms with Crippen LogP contribution in [-0.4, -0.2) is 9.97 Å². The summed E-state index contributed by atoms with van der Waals surface area (Å²) in [6.45, 7) is 0. The predicted molar refractivity (Wildman–Crippen MR) is 161 cm³/mol. The second kappa shape index (κ2) is 9.58. The van der Waals surface area contributed by atoms with E-state index in [2.05, 4.69) is 89.2 Å². The van der Waals surface area contributed by atoms with Gasteiger partial charge in [0, 0.05) is 43.2 Å². The van der Waals surface area contributed by atoms with Gasteiger partial charge >= 0.3 is 0 Å². The van der Waals surface area contributed by atoms with E-state index in [1.165, 1.54) is 25.7 Å². The molecule has 7 aromatic rings. The molecule has 0 saturated heterocycles. The highest BCUT2D eigenvalue weighted by molar-refractivity contribution is 7.26. The Kier molecular flexibility index (Phi) is 5.65. The summed E-state index contributed by atoms with van der Waals surface area (Å²) in [5.41, 5.74) is 7.36. The number of nitrogens with one attached hydrogen (secondary N) is 1. The number of pyridine rings is 2. The van der Waals surface area contributed by atoms with Gasteiger partial charge in [-0.25, -0.2) is 4.98 Å². The van der Waals surface area contributed by atoms with Crippen LogP contribution in [0.3, 0.4) is 0 Å². The van der Waals surface area contributed by atoms with Gasteiger partial charge in [0.25, 0.3) is 0 Å². The molecule has 180 valence electrons. The number of aromatic nitrogens is 2. The molecule has 0 fully saturated rings. The Bertz CT molecular complexity index is 1890. The average molecular weight is 506 g/mol. The Balaban J connectivity index is 1.37. The van der Waals surface area contributed by atoms with E-state index >= 15 is 0 Å². The fraction of sp³-hybridized carbons (Fsp3) is 0. The Morgan fingerprint density at radius 2 is 1.32 bits per heavy atom. The van der Waals surface area contributed by atoms with Gasteiger partial charge in [0.2, 0.25) is 0 Å². The lowest BCUT2D eigenvalue weighted by Gasteiger charge is -2.13. The van der Waals surface area contributed by atoms with Gasteiger partial charge in [-0.1, -0.05) is 78.9 Å². The molecule has 0 aliphatic rings. The highest BCUT2D eigenvalue weighted by Crippen LogP contribution is 2.41. The van der Waals surface area contributed by atoms with Gasteiger partial charge in [-0.05, 0) is 59.7 Å². The summed E-state index contributed by atoms with van der Waals surface area (Å²) in [6.07, 6.45) is 1.84. The largest absolute Gasteiger partial charge is 0.340 e. The molecule has 0 radical (unpaired) electrons. The molecule has 0 saturated carbocycles. The van der Waals surface area contributed by atoms with Crippen molar-refractivity contribution >= 4 is 43.0 Å². The molecular weight excluding hydrogens is 482 g/mol. The first kappa shape index (κ1) is 22.4. The first-order valence-corrected chi connectivity index (χ1v) is 13.4. The van der Waals surface area contributed by atoms with Crippen molar-refractivity contribution in [2.24, 2.45) is 0 Å². The van der Waals surface area contributed by atoms with Crippen molar-refractivity contribution in [3.05, 3.63) is 134 Å². The van der Waals surface area contributed by atoms with Crippen molar-refractivity contribution in [1.82, 2.24) is 9.97 Å². The molecule has 0 unspecified atom stereocenters. The van der Waals surface area contributed by atoms with Crippen LogP contribution in [0.15, 0.2) is 134 Å². The Hall–Kier alpha value is -4.80. The molecule has 0 spiro atoms. The molecule has 7 rings (SSSR count). The van der Waals surface area contributed by atoms with Crippen LogP contribution in [0.25, 0.3) is 53.8 Å². The maximum absolute atomic E-state index is 4.90. The molecule has 0 bridgehead atoms. The molecule has 3 heterocycles. The van der Waals surface area contributed by atoms with Gasteiger partial charge in [0.15, 0.2) is 0 Å². The van der Waals surface area contributed by atoms with Crippen molar-refractivity contribution in [2.45, 2.75) is 0 Å². The molecule has 1 N–H and O–H groups in total. The van der Waals surface area contributed by atoms with E-state index in [9.17, 15) is 0 Å². The first-order valence-electron chi connectivity index (χ1n) is 12.6. The number of nitrogens with zero attached hydrogens (tertiary/aromatic N) is 2. The minimum absolute atomic E-state index is 0.801. The van der Waals surface area contributed by atoms with Gasteiger partial charge in [-0.2, -0.15) is 0 Å². The Morgan fingerprint density at radius 3 is 2.21 bits per heavy atom. The summed E-state index contributed by atoms with van der Waals surface area (Å²) in [7, 11) is 0. The summed E-state index contributed by atoms with van der Waals surface area (Å²) in [6, 6.07) is 44.2. The topological polar surface area (TPSA) is 37.8 Å². The fourth-order valence-electron chi connectivity index (χ4n) is 4.93. The molecule has 3 aromatic heterocycles. The third-order valence-corrected chi connectivity index (χ3v) is 7.92. The summed E-state index contributed by atoms with van der Waals surface area (Å²) in [5.74, 6) is 0.801. The van der Waals surface area contributed by atoms with Gasteiger partial charge in [-0.3, -0.25) is 4.98 Å². The standard InChI is InChI=1S/C34H23N3S/c1-2-10-23(11-3-1)31-16-9-18-33(37-31)36-26-21-24(20-25(22-26)30-15-6-7-19-35-30)27-13-8-14-29-28-12-4-5-17-32(28)38-34(27)29/h1-22H,(H,36,37). The number of hydrogen-bond donors (Lipinski definition) is 1. The molecule has 3 nitrogen and oxygen atoms in total. The predicted octanol–water partition coefficient (Wildman–Crippen LogP) is 9.59. The molecule has 4 heteroatoms. The van der Waals surface area contributed by atoms with Crippen LogP contribution in [0, 0.1) is 0 Å². The second-order valence-electron chi connectivity index (χ2n) is 9.19. The van der Waals surface area contributed by atoms with Gasteiger partial charge in [0.05, 0.1) is 11.4 Å². The monoisotopic (exact) mass is 505 g/mol. The molecule has 0 aliphatic carbocycles. The zero-order valence-corrected chi connectivity index (χ0v) is 21.3. The van der Waals surface area contributed by atoms with E-state index in [4.69, 9.17) is 4.98 Å². The van der Waals surface area contributed by atoms with Crippen molar-refractivity contribution in [3.63, 3.8) is 0 Å². The van der Waals surface area contributed by atoms with Crippen molar-refractivity contribution in [2.75, 3.05) is 5.32 Å². The van der Waals surface area contributed by atoms with E-state index in [1.54, 1.807) is 0 Å². The second-order valence-corrected chi connectivity index (χ2v) is 10.2. The van der Waals surface area contributed by atoms with Crippen molar-refractivity contribution < 1.29 is 0 Å². The smallest absolute Gasteiger partial charge is 0.131 e. The number of rotatable bonds is 5. The lowest BCUT2D eigenvalue weighted by atomic mass is 9.98. The van der Waals surface area contributed by atoms with E-state index in [0.717, 1.165) is 39.6 Å². The molecular formula is C34H23N3S. The normalized spacial score (nSPS) is 11.2. The molecule has 4 aromatic carbocycles. The van der Waals surface area contributed by atoms with Gasteiger partial charge in [0.1, 0.15) is 5.82 Å². The number of benzene rings is 4. The van der Waals surface area contributed by atoms with E-state index in [1.807, 2.05) is 66.1 Å². The first-order chi connectivity index (χ1) is 18.8. The lowest BCUT2D eigenvalue weighted by molar-refractivity contribution is 1.30. The van der Waals surface area contributed by atoms with Crippen LogP contribution >= 0.6 is 11.3 Å². The van der Waals surface area contributed by atoms with Gasteiger partial charge in [-0.15, -0.1) is 11.3 Å². The molecule has 38 heavy (non-hydrogen) atoms. The van der Waals surface area contributed by atoms with Crippen LogP contribution in [0.2, 0.25) is 0 Å². The summed E-state index contributed by atoms with van der Waals surface area (Å²) in [5, 5.41) is 6.16. The molecule has 0 aliphatic heterocycles. The third-order valence-electron chi connectivity index (χ3n) is 6.70. The van der Waals surface area contributed by atoms with Crippen LogP contribution in [0.1, 0.15) is 0 Å². The van der Waals surface area contributed by atoms with Crippen LogP contribution in [0.4, 0.5) is 11.5 Å². The van der Waals surface area contributed by atoms with E-state index < -0.39 is 0 Å². The summed E-state index contributed by atoms with van der Waals surface area (Å²) in [4.78, 5) is 9.54. The number of thiophene rings is 1. The number of hydrogen-bond acceptors (Lipinski definition) is 4. The fourth-order valence-corrected chi connectivity index (χ4v) is 6.17.